The minimum atomic E-state index is -0.964. The zero-order valence-electron chi connectivity index (χ0n) is 12.2. The van der Waals surface area contributed by atoms with Gasteiger partial charge in [-0.1, -0.05) is 28.1 Å². The first-order valence-corrected chi connectivity index (χ1v) is 7.76. The third kappa shape index (κ3) is 4.15. The van der Waals surface area contributed by atoms with E-state index in [2.05, 4.69) is 21.2 Å². The van der Waals surface area contributed by atoms with Crippen LogP contribution in [0, 0.1) is 6.92 Å². The molecule has 1 fully saturated rings. The van der Waals surface area contributed by atoms with Crippen molar-refractivity contribution in [3.63, 3.8) is 0 Å². The molecular weight excluding hydrogens is 334 g/mol. The molecule has 1 amide bonds. The summed E-state index contributed by atoms with van der Waals surface area (Å²) in [5.41, 5.74) is 1.13. The van der Waals surface area contributed by atoms with Gasteiger partial charge in [-0.3, -0.25) is 4.79 Å². The Labute approximate surface area is 133 Å². The zero-order valence-corrected chi connectivity index (χ0v) is 13.8. The predicted molar refractivity (Wildman–Crippen MR) is 85.9 cm³/mol. The summed E-state index contributed by atoms with van der Waals surface area (Å²) in [7, 11) is 0. The van der Waals surface area contributed by atoms with Crippen molar-refractivity contribution >= 4 is 27.9 Å². The molecule has 1 aliphatic rings. The Morgan fingerprint density at radius 2 is 2.38 bits per heavy atom. The molecule has 2 unspecified atom stereocenters. The van der Waals surface area contributed by atoms with Crippen LogP contribution in [0.2, 0.25) is 0 Å². The number of aryl methyl sites for hydroxylation is 1. The normalized spacial score (nSPS) is 25.4. The molecule has 4 nitrogen and oxygen atoms in total. The number of benzene rings is 1. The second-order valence-corrected chi connectivity index (χ2v) is 6.30. The van der Waals surface area contributed by atoms with Crippen molar-refractivity contribution in [3.05, 3.63) is 39.9 Å². The Balaban J connectivity index is 1.91. The highest BCUT2D eigenvalue weighted by molar-refractivity contribution is 9.10. The first-order valence-electron chi connectivity index (χ1n) is 6.97. The van der Waals surface area contributed by atoms with E-state index in [1.165, 1.54) is 6.08 Å². The van der Waals surface area contributed by atoms with Crippen molar-refractivity contribution in [2.75, 3.05) is 13.2 Å². The van der Waals surface area contributed by atoms with E-state index >= 15 is 0 Å². The van der Waals surface area contributed by atoms with E-state index in [4.69, 9.17) is 4.74 Å². The van der Waals surface area contributed by atoms with Crippen LogP contribution < -0.4 is 5.32 Å². The summed E-state index contributed by atoms with van der Waals surface area (Å²) < 4.78 is 6.28. The average molecular weight is 354 g/mol. The van der Waals surface area contributed by atoms with Crippen molar-refractivity contribution in [1.82, 2.24) is 5.32 Å². The number of amides is 1. The maximum Gasteiger partial charge on any atom is 0.244 e. The molecule has 2 atom stereocenters. The quantitative estimate of drug-likeness (QED) is 0.817. The number of nitrogens with one attached hydrogen (secondary N) is 1. The smallest absolute Gasteiger partial charge is 0.244 e. The molecule has 2 N–H and O–H groups in total. The van der Waals surface area contributed by atoms with Gasteiger partial charge in [0.05, 0.1) is 6.10 Å². The molecule has 5 heteroatoms. The Kier molecular flexibility index (Phi) is 5.19. The number of hydrogen-bond acceptors (Lipinski definition) is 3. The van der Waals surface area contributed by atoms with Gasteiger partial charge in [0, 0.05) is 30.1 Å². The van der Waals surface area contributed by atoms with Crippen LogP contribution in [0.4, 0.5) is 0 Å². The second kappa shape index (κ2) is 6.73. The lowest BCUT2D eigenvalue weighted by molar-refractivity contribution is -0.118. The molecule has 21 heavy (non-hydrogen) atoms. The summed E-state index contributed by atoms with van der Waals surface area (Å²) in [6.45, 7) is 4.56. The highest BCUT2D eigenvalue weighted by atomic mass is 79.9. The number of carbonyl (C=O) groups is 1. The maximum absolute atomic E-state index is 11.8. The summed E-state index contributed by atoms with van der Waals surface area (Å²) in [6.07, 6.45) is 3.51. The van der Waals surface area contributed by atoms with Crippen LogP contribution in [0.1, 0.15) is 24.5 Å². The molecule has 1 aromatic rings. The van der Waals surface area contributed by atoms with E-state index in [9.17, 15) is 9.90 Å². The Morgan fingerprint density at radius 3 is 3.00 bits per heavy atom. The fraction of sp³-hybridized carbons (Fsp3) is 0.438. The molecule has 0 bridgehead atoms. The molecular formula is C16H20BrNO3. The van der Waals surface area contributed by atoms with Crippen LogP contribution in [0.3, 0.4) is 0 Å². The molecule has 0 radical (unpaired) electrons. The average Bonchev–Trinajstić information content (AvgIpc) is 2.76. The molecule has 2 rings (SSSR count). The molecule has 1 heterocycles. The van der Waals surface area contributed by atoms with Crippen molar-refractivity contribution in [3.8, 4) is 0 Å². The summed E-state index contributed by atoms with van der Waals surface area (Å²) in [5, 5.41) is 13.0. The van der Waals surface area contributed by atoms with Crippen LogP contribution in [0.5, 0.6) is 0 Å². The van der Waals surface area contributed by atoms with Gasteiger partial charge < -0.3 is 15.2 Å². The van der Waals surface area contributed by atoms with Crippen molar-refractivity contribution in [2.45, 2.75) is 32.0 Å². The van der Waals surface area contributed by atoms with E-state index < -0.39 is 5.60 Å². The number of halogens is 1. The summed E-state index contributed by atoms with van der Waals surface area (Å²) in [6, 6.07) is 5.93. The molecule has 114 valence electrons. The molecule has 0 spiro atoms. The van der Waals surface area contributed by atoms with E-state index in [1.54, 1.807) is 6.08 Å². The van der Waals surface area contributed by atoms with Gasteiger partial charge in [0.15, 0.2) is 0 Å². The van der Waals surface area contributed by atoms with E-state index in [0.29, 0.717) is 13.0 Å². The van der Waals surface area contributed by atoms with Crippen molar-refractivity contribution < 1.29 is 14.6 Å². The maximum atomic E-state index is 11.8. The SMILES string of the molecule is Cc1ccc(/C=C/C(=O)NCC2(O)CCOC2C)c(Br)c1. The molecule has 1 aliphatic heterocycles. The Bertz CT molecular complexity index is 558. The lowest BCUT2D eigenvalue weighted by Crippen LogP contribution is -2.47. The number of rotatable bonds is 4. The lowest BCUT2D eigenvalue weighted by Gasteiger charge is -2.25. The van der Waals surface area contributed by atoms with Gasteiger partial charge in [-0.2, -0.15) is 0 Å². The van der Waals surface area contributed by atoms with Crippen LogP contribution in [0.15, 0.2) is 28.7 Å². The highest BCUT2D eigenvalue weighted by Crippen LogP contribution is 2.24. The molecule has 0 saturated carbocycles. The Morgan fingerprint density at radius 1 is 1.62 bits per heavy atom. The third-order valence-electron chi connectivity index (χ3n) is 3.80. The van der Waals surface area contributed by atoms with Gasteiger partial charge in [-0.05, 0) is 37.1 Å². The minimum absolute atomic E-state index is 0.201. The zero-order chi connectivity index (χ0) is 15.5. The second-order valence-electron chi connectivity index (χ2n) is 5.44. The standard InChI is InChI=1S/C16H20BrNO3/c1-11-3-4-13(14(17)9-11)5-6-15(19)18-10-16(20)7-8-21-12(16)2/h3-6,9,12,20H,7-8,10H2,1-2H3,(H,18,19)/b6-5+. The van der Waals surface area contributed by atoms with E-state index in [-0.39, 0.29) is 18.6 Å². The van der Waals surface area contributed by atoms with Gasteiger partial charge in [0.25, 0.3) is 0 Å². The van der Waals surface area contributed by atoms with E-state index in [1.807, 2.05) is 32.0 Å². The number of aliphatic hydroxyl groups is 1. The Hall–Kier alpha value is -1.17. The largest absolute Gasteiger partial charge is 0.385 e. The fourth-order valence-electron chi connectivity index (χ4n) is 2.23. The predicted octanol–water partition coefficient (Wildman–Crippen LogP) is 2.43. The number of carbonyl (C=O) groups excluding carboxylic acids is 1. The monoisotopic (exact) mass is 353 g/mol. The highest BCUT2D eigenvalue weighted by Gasteiger charge is 2.39. The number of ether oxygens (including phenoxy) is 1. The van der Waals surface area contributed by atoms with Gasteiger partial charge >= 0.3 is 0 Å². The topological polar surface area (TPSA) is 58.6 Å². The minimum Gasteiger partial charge on any atom is -0.385 e. The molecule has 0 aromatic heterocycles. The fourth-order valence-corrected chi connectivity index (χ4v) is 2.86. The van der Waals surface area contributed by atoms with Gasteiger partial charge in [0.2, 0.25) is 5.91 Å². The van der Waals surface area contributed by atoms with Crippen LogP contribution in [-0.2, 0) is 9.53 Å². The van der Waals surface area contributed by atoms with Gasteiger partial charge in [-0.15, -0.1) is 0 Å². The first-order chi connectivity index (χ1) is 9.90. The van der Waals surface area contributed by atoms with Gasteiger partial charge in [0.1, 0.15) is 5.60 Å². The molecule has 0 aliphatic carbocycles. The molecule has 1 aromatic carbocycles. The van der Waals surface area contributed by atoms with Crippen LogP contribution in [0.25, 0.3) is 6.08 Å². The van der Waals surface area contributed by atoms with Crippen LogP contribution in [-0.4, -0.2) is 35.9 Å². The lowest BCUT2D eigenvalue weighted by atomic mass is 9.97. The third-order valence-corrected chi connectivity index (χ3v) is 4.49. The first kappa shape index (κ1) is 16.2. The summed E-state index contributed by atoms with van der Waals surface area (Å²) in [4.78, 5) is 11.8. The summed E-state index contributed by atoms with van der Waals surface area (Å²) >= 11 is 3.47. The molecule has 1 saturated heterocycles. The van der Waals surface area contributed by atoms with Crippen molar-refractivity contribution in [2.24, 2.45) is 0 Å². The van der Waals surface area contributed by atoms with Crippen LogP contribution >= 0.6 is 15.9 Å². The van der Waals surface area contributed by atoms with Gasteiger partial charge in [-0.25, -0.2) is 0 Å². The number of hydrogen-bond donors (Lipinski definition) is 2. The summed E-state index contributed by atoms with van der Waals surface area (Å²) in [5.74, 6) is -0.227. The van der Waals surface area contributed by atoms with E-state index in [0.717, 1.165) is 15.6 Å². The van der Waals surface area contributed by atoms with Crippen molar-refractivity contribution in [1.29, 1.82) is 0 Å².